The van der Waals surface area contributed by atoms with Crippen molar-refractivity contribution in [2.75, 3.05) is 46.5 Å². The Morgan fingerprint density at radius 2 is 1.97 bits per heavy atom. The van der Waals surface area contributed by atoms with Crippen LogP contribution in [0.5, 0.6) is 5.75 Å². The minimum atomic E-state index is -3.59. The van der Waals surface area contributed by atoms with Gasteiger partial charge in [0.2, 0.25) is 10.0 Å². The van der Waals surface area contributed by atoms with Gasteiger partial charge in [-0.05, 0) is 62.7 Å². The molecule has 0 bridgehead atoms. The molecule has 0 amide bonds. The molecule has 4 rings (SSSR count). The molecular formula is C22H31N3O4S. The first kappa shape index (κ1) is 21.4. The van der Waals surface area contributed by atoms with Crippen molar-refractivity contribution in [2.24, 2.45) is 0 Å². The zero-order valence-electron chi connectivity index (χ0n) is 18.0. The number of benzene rings is 1. The maximum absolute atomic E-state index is 13.3. The van der Waals surface area contributed by atoms with Crippen LogP contribution in [0.25, 0.3) is 11.3 Å². The van der Waals surface area contributed by atoms with E-state index in [1.807, 2.05) is 19.1 Å². The molecule has 2 saturated heterocycles. The van der Waals surface area contributed by atoms with Crippen molar-refractivity contribution in [1.82, 2.24) is 14.2 Å². The highest BCUT2D eigenvalue weighted by Gasteiger charge is 2.30. The molecule has 0 spiro atoms. The highest BCUT2D eigenvalue weighted by molar-refractivity contribution is 7.89. The van der Waals surface area contributed by atoms with Crippen LogP contribution in [-0.2, 0) is 14.8 Å². The fraction of sp³-hybridized carbons (Fsp3) is 0.545. The third kappa shape index (κ3) is 3.89. The molecule has 1 aromatic carbocycles. The quantitative estimate of drug-likeness (QED) is 0.757. The first-order valence-corrected chi connectivity index (χ1v) is 12.1. The van der Waals surface area contributed by atoms with Crippen molar-refractivity contribution >= 4 is 10.0 Å². The lowest BCUT2D eigenvalue weighted by Gasteiger charge is -2.27. The number of aromatic nitrogens is 1. The number of sulfonamides is 1. The summed E-state index contributed by atoms with van der Waals surface area (Å²) in [5.74, 6) is 0.667. The number of ether oxygens (including phenoxy) is 2. The Kier molecular flexibility index (Phi) is 6.20. The van der Waals surface area contributed by atoms with Gasteiger partial charge in [0.15, 0.2) is 0 Å². The van der Waals surface area contributed by atoms with E-state index in [-0.39, 0.29) is 0 Å². The van der Waals surface area contributed by atoms with E-state index in [9.17, 15) is 8.42 Å². The molecule has 0 saturated carbocycles. The standard InChI is InChI=1S/C22H31N3O4S/c1-4-24-9-5-6-20(24)19-8-7-18(23-19)17-15-22(16(2)14-21(17)28-3)30(26,27)25-10-12-29-13-11-25/h7-8,14-15,20,23H,4-6,9-13H2,1-3H3. The Labute approximate surface area is 179 Å². The number of methoxy groups -OCH3 is 1. The molecule has 3 heterocycles. The lowest BCUT2D eigenvalue weighted by molar-refractivity contribution is 0.0730. The van der Waals surface area contributed by atoms with Gasteiger partial charge in [-0.15, -0.1) is 0 Å². The van der Waals surface area contributed by atoms with Gasteiger partial charge in [-0.25, -0.2) is 8.42 Å². The van der Waals surface area contributed by atoms with Crippen molar-refractivity contribution < 1.29 is 17.9 Å². The van der Waals surface area contributed by atoms with E-state index in [2.05, 4.69) is 22.9 Å². The van der Waals surface area contributed by atoms with E-state index in [0.717, 1.165) is 30.8 Å². The van der Waals surface area contributed by atoms with Crippen molar-refractivity contribution in [3.63, 3.8) is 0 Å². The topological polar surface area (TPSA) is 74.9 Å². The summed E-state index contributed by atoms with van der Waals surface area (Å²) < 4.78 is 39.0. The van der Waals surface area contributed by atoms with Gasteiger partial charge in [0.05, 0.1) is 25.2 Å². The third-order valence-corrected chi connectivity index (χ3v) is 8.25. The summed E-state index contributed by atoms with van der Waals surface area (Å²) in [5, 5.41) is 0. The van der Waals surface area contributed by atoms with Gasteiger partial charge >= 0.3 is 0 Å². The smallest absolute Gasteiger partial charge is 0.243 e. The fourth-order valence-electron chi connectivity index (χ4n) is 4.57. The summed E-state index contributed by atoms with van der Waals surface area (Å²) in [7, 11) is -1.97. The second-order valence-electron chi connectivity index (χ2n) is 7.95. The van der Waals surface area contributed by atoms with Gasteiger partial charge in [-0.2, -0.15) is 4.31 Å². The minimum absolute atomic E-state index is 0.326. The highest BCUT2D eigenvalue weighted by atomic mass is 32.2. The number of rotatable bonds is 6. The number of nitrogens with one attached hydrogen (secondary N) is 1. The fourth-order valence-corrected chi connectivity index (χ4v) is 6.21. The van der Waals surface area contributed by atoms with Crippen LogP contribution < -0.4 is 4.74 Å². The highest BCUT2D eigenvalue weighted by Crippen LogP contribution is 2.37. The minimum Gasteiger partial charge on any atom is -0.496 e. The van der Waals surface area contributed by atoms with E-state index in [1.165, 1.54) is 16.4 Å². The average molecular weight is 434 g/mol. The summed E-state index contributed by atoms with van der Waals surface area (Å²) in [4.78, 5) is 6.33. The van der Waals surface area contributed by atoms with Crippen LogP contribution in [0, 0.1) is 6.92 Å². The van der Waals surface area contributed by atoms with Crippen molar-refractivity contribution in [1.29, 1.82) is 0 Å². The van der Waals surface area contributed by atoms with Gasteiger partial charge in [0.25, 0.3) is 0 Å². The van der Waals surface area contributed by atoms with Crippen molar-refractivity contribution in [3.8, 4) is 17.0 Å². The molecule has 1 aromatic heterocycles. The monoisotopic (exact) mass is 433 g/mol. The van der Waals surface area contributed by atoms with E-state index in [4.69, 9.17) is 9.47 Å². The van der Waals surface area contributed by atoms with Crippen LogP contribution in [0.4, 0.5) is 0 Å². The molecule has 2 aliphatic rings. The van der Waals surface area contributed by atoms with E-state index in [0.29, 0.717) is 48.6 Å². The van der Waals surface area contributed by atoms with Crippen molar-refractivity contribution in [3.05, 3.63) is 35.5 Å². The van der Waals surface area contributed by atoms with Gasteiger partial charge in [0.1, 0.15) is 5.75 Å². The number of aryl methyl sites for hydroxylation is 1. The lowest BCUT2D eigenvalue weighted by atomic mass is 10.1. The summed E-state index contributed by atoms with van der Waals surface area (Å²) in [6.07, 6.45) is 2.33. The average Bonchev–Trinajstić information content (AvgIpc) is 3.43. The first-order chi connectivity index (χ1) is 14.5. The Bertz CT molecular complexity index is 996. The van der Waals surface area contributed by atoms with Gasteiger partial charge in [0, 0.05) is 36.1 Å². The molecule has 7 nitrogen and oxygen atoms in total. The molecule has 2 aromatic rings. The largest absolute Gasteiger partial charge is 0.496 e. The number of likely N-dealkylation sites (tertiary alicyclic amines) is 1. The van der Waals surface area contributed by atoms with E-state index < -0.39 is 10.0 Å². The number of hydrogen-bond acceptors (Lipinski definition) is 5. The summed E-state index contributed by atoms with van der Waals surface area (Å²) >= 11 is 0. The Morgan fingerprint density at radius 1 is 1.20 bits per heavy atom. The third-order valence-electron chi connectivity index (χ3n) is 6.21. The molecule has 2 fully saturated rings. The van der Waals surface area contributed by atoms with Crippen LogP contribution >= 0.6 is 0 Å². The Hall–Kier alpha value is -1.87. The van der Waals surface area contributed by atoms with Crippen LogP contribution in [0.2, 0.25) is 0 Å². The number of morpholine rings is 1. The Balaban J connectivity index is 1.73. The molecule has 0 radical (unpaired) electrons. The van der Waals surface area contributed by atoms with Crippen LogP contribution in [0.15, 0.2) is 29.2 Å². The molecule has 1 unspecified atom stereocenters. The van der Waals surface area contributed by atoms with Crippen molar-refractivity contribution in [2.45, 2.75) is 37.6 Å². The van der Waals surface area contributed by atoms with Crippen LogP contribution in [0.3, 0.4) is 0 Å². The lowest BCUT2D eigenvalue weighted by Crippen LogP contribution is -2.40. The molecular weight excluding hydrogens is 402 g/mol. The molecule has 1 atom stereocenters. The zero-order chi connectivity index (χ0) is 21.3. The summed E-state index contributed by atoms with van der Waals surface area (Å²) in [5.41, 5.74) is 3.50. The molecule has 1 N–H and O–H groups in total. The Morgan fingerprint density at radius 3 is 2.67 bits per heavy atom. The second-order valence-corrected chi connectivity index (χ2v) is 9.85. The number of aromatic amines is 1. The van der Waals surface area contributed by atoms with E-state index in [1.54, 1.807) is 13.2 Å². The number of hydrogen-bond donors (Lipinski definition) is 1. The van der Waals surface area contributed by atoms with Crippen LogP contribution in [0.1, 0.15) is 37.1 Å². The SMILES string of the molecule is CCN1CCCC1c1ccc(-c2cc(S(=O)(=O)N3CCOCC3)c(C)cc2OC)[nH]1. The first-order valence-electron chi connectivity index (χ1n) is 10.7. The molecule has 164 valence electrons. The predicted octanol–water partition coefficient (Wildman–Crippen LogP) is 3.18. The maximum atomic E-state index is 13.3. The molecule has 2 aliphatic heterocycles. The predicted molar refractivity (Wildman–Crippen MR) is 116 cm³/mol. The van der Waals surface area contributed by atoms with Crippen LogP contribution in [-0.4, -0.2) is 69.1 Å². The van der Waals surface area contributed by atoms with Gasteiger partial charge < -0.3 is 14.5 Å². The molecule has 8 heteroatoms. The number of H-pyrrole nitrogens is 1. The number of nitrogens with zero attached hydrogens (tertiary/aromatic N) is 2. The van der Waals surface area contributed by atoms with E-state index >= 15 is 0 Å². The zero-order valence-corrected chi connectivity index (χ0v) is 18.8. The normalized spacial score (nSPS) is 21.2. The summed E-state index contributed by atoms with van der Waals surface area (Å²) in [6, 6.07) is 8.10. The second kappa shape index (κ2) is 8.70. The summed E-state index contributed by atoms with van der Waals surface area (Å²) in [6.45, 7) is 7.76. The van der Waals surface area contributed by atoms with Gasteiger partial charge in [-0.1, -0.05) is 6.92 Å². The molecule has 30 heavy (non-hydrogen) atoms. The maximum Gasteiger partial charge on any atom is 0.243 e. The van der Waals surface area contributed by atoms with Gasteiger partial charge in [-0.3, -0.25) is 4.90 Å². The molecule has 0 aliphatic carbocycles.